The highest BCUT2D eigenvalue weighted by Gasteiger charge is 2.26. The van der Waals surface area contributed by atoms with Crippen molar-refractivity contribution < 1.29 is 21.6 Å². The summed E-state index contributed by atoms with van der Waals surface area (Å²) >= 11 is 0. The molecule has 0 bridgehead atoms. The molecule has 0 aliphatic heterocycles. The lowest BCUT2D eigenvalue weighted by Gasteiger charge is -2.22. The zero-order valence-electron chi connectivity index (χ0n) is 18.0. The van der Waals surface area contributed by atoms with Gasteiger partial charge in [-0.1, -0.05) is 48.0 Å². The summed E-state index contributed by atoms with van der Waals surface area (Å²) in [5.41, 5.74) is 2.19. The summed E-state index contributed by atoms with van der Waals surface area (Å²) in [7, 11) is -7.78. The summed E-state index contributed by atoms with van der Waals surface area (Å²) < 4.78 is 50.5. The molecule has 33 heavy (non-hydrogen) atoms. The smallest absolute Gasteiger partial charge is 0.243 e. The van der Waals surface area contributed by atoms with E-state index < -0.39 is 32.5 Å². The van der Waals surface area contributed by atoms with Gasteiger partial charge in [0.2, 0.25) is 26.0 Å². The summed E-state index contributed by atoms with van der Waals surface area (Å²) in [5, 5.41) is 7.68. The maximum absolute atomic E-state index is 13.3. The maximum Gasteiger partial charge on any atom is 0.243 e. The SMILES string of the molecule is Cc1ccc(S(=O)(=O)N(CCc2ccccc2)CC(=O)Nc2ccc(S(N)(=O)=O)cc2)cc1. The summed E-state index contributed by atoms with van der Waals surface area (Å²) in [6, 6.07) is 21.1. The van der Waals surface area contributed by atoms with Crippen molar-refractivity contribution in [2.75, 3.05) is 18.4 Å². The van der Waals surface area contributed by atoms with Crippen LogP contribution in [0.2, 0.25) is 0 Å². The Hall–Kier alpha value is -3.05. The standard InChI is InChI=1S/C23H25N3O5S2/c1-18-7-11-22(12-8-18)33(30,31)26(16-15-19-5-3-2-4-6-19)17-23(27)25-20-9-13-21(14-10-20)32(24,28)29/h2-14H,15-17H2,1H3,(H,25,27)(H2,24,28,29). The van der Waals surface area contributed by atoms with Crippen LogP contribution in [0.1, 0.15) is 11.1 Å². The predicted molar refractivity (Wildman–Crippen MR) is 127 cm³/mol. The molecule has 0 saturated carbocycles. The molecular weight excluding hydrogens is 462 g/mol. The van der Waals surface area contributed by atoms with E-state index >= 15 is 0 Å². The molecule has 3 aromatic rings. The highest BCUT2D eigenvalue weighted by molar-refractivity contribution is 7.89. The molecular formula is C23H25N3O5S2. The number of aryl methyl sites for hydroxylation is 1. The normalized spacial score (nSPS) is 12.0. The van der Waals surface area contributed by atoms with Gasteiger partial charge in [-0.2, -0.15) is 4.31 Å². The molecule has 1 amide bonds. The number of nitrogens with zero attached hydrogens (tertiary/aromatic N) is 1. The summed E-state index contributed by atoms with van der Waals surface area (Å²) in [6.45, 7) is 1.57. The Labute approximate surface area is 194 Å². The minimum absolute atomic E-state index is 0.0908. The number of nitrogens with two attached hydrogens (primary N) is 1. The number of primary sulfonamides is 1. The van der Waals surface area contributed by atoms with E-state index in [1.807, 2.05) is 37.3 Å². The average Bonchev–Trinajstić information content (AvgIpc) is 2.77. The minimum Gasteiger partial charge on any atom is -0.325 e. The van der Waals surface area contributed by atoms with Gasteiger partial charge < -0.3 is 5.32 Å². The van der Waals surface area contributed by atoms with Crippen LogP contribution >= 0.6 is 0 Å². The van der Waals surface area contributed by atoms with E-state index in [9.17, 15) is 21.6 Å². The van der Waals surface area contributed by atoms with Crippen molar-refractivity contribution in [1.82, 2.24) is 4.31 Å². The Bertz CT molecular complexity index is 1310. The first-order valence-electron chi connectivity index (χ1n) is 10.1. The van der Waals surface area contributed by atoms with E-state index in [2.05, 4.69) is 5.32 Å². The summed E-state index contributed by atoms with van der Waals surface area (Å²) in [6.07, 6.45) is 0.433. The second-order valence-electron chi connectivity index (χ2n) is 7.50. The zero-order valence-corrected chi connectivity index (χ0v) is 19.6. The third-order valence-electron chi connectivity index (χ3n) is 4.94. The largest absolute Gasteiger partial charge is 0.325 e. The number of anilines is 1. The molecule has 0 radical (unpaired) electrons. The van der Waals surface area contributed by atoms with Crippen molar-refractivity contribution in [1.29, 1.82) is 0 Å². The lowest BCUT2D eigenvalue weighted by molar-refractivity contribution is -0.116. The van der Waals surface area contributed by atoms with Crippen LogP contribution in [0.5, 0.6) is 0 Å². The monoisotopic (exact) mass is 487 g/mol. The molecule has 0 aliphatic carbocycles. The Morgan fingerprint density at radius 3 is 2.00 bits per heavy atom. The molecule has 0 aliphatic rings. The Morgan fingerprint density at radius 2 is 1.42 bits per heavy atom. The summed E-state index contributed by atoms with van der Waals surface area (Å²) in [4.78, 5) is 12.7. The van der Waals surface area contributed by atoms with Crippen molar-refractivity contribution in [2.24, 2.45) is 5.14 Å². The number of nitrogens with one attached hydrogen (secondary N) is 1. The number of amides is 1. The van der Waals surface area contributed by atoms with Gasteiger partial charge in [-0.05, 0) is 55.3 Å². The third kappa shape index (κ3) is 6.72. The highest BCUT2D eigenvalue weighted by atomic mass is 32.2. The van der Waals surface area contributed by atoms with Gasteiger partial charge in [-0.3, -0.25) is 4.79 Å². The summed E-state index contributed by atoms with van der Waals surface area (Å²) in [5.74, 6) is -0.554. The fourth-order valence-corrected chi connectivity index (χ4v) is 5.04. The van der Waals surface area contributed by atoms with E-state index in [4.69, 9.17) is 5.14 Å². The van der Waals surface area contributed by atoms with Crippen LogP contribution < -0.4 is 10.5 Å². The van der Waals surface area contributed by atoms with E-state index in [1.165, 1.54) is 36.4 Å². The number of carbonyl (C=O) groups is 1. The lowest BCUT2D eigenvalue weighted by Crippen LogP contribution is -2.39. The fraction of sp³-hybridized carbons (Fsp3) is 0.174. The van der Waals surface area contributed by atoms with Crippen molar-refractivity contribution in [3.63, 3.8) is 0 Å². The molecule has 0 unspecified atom stereocenters. The first-order chi connectivity index (χ1) is 15.6. The molecule has 0 aromatic heterocycles. The average molecular weight is 488 g/mol. The number of benzene rings is 3. The topological polar surface area (TPSA) is 127 Å². The van der Waals surface area contributed by atoms with Gasteiger partial charge >= 0.3 is 0 Å². The van der Waals surface area contributed by atoms with Gasteiger partial charge in [0.15, 0.2) is 0 Å². The molecule has 0 heterocycles. The molecule has 0 atom stereocenters. The molecule has 8 nitrogen and oxygen atoms in total. The highest BCUT2D eigenvalue weighted by Crippen LogP contribution is 2.18. The lowest BCUT2D eigenvalue weighted by atomic mass is 10.1. The Balaban J connectivity index is 1.79. The van der Waals surface area contributed by atoms with Crippen molar-refractivity contribution in [3.05, 3.63) is 90.0 Å². The van der Waals surface area contributed by atoms with Crippen LogP contribution in [0.25, 0.3) is 0 Å². The van der Waals surface area contributed by atoms with Crippen LogP contribution in [0.4, 0.5) is 5.69 Å². The van der Waals surface area contributed by atoms with Crippen molar-refractivity contribution in [3.8, 4) is 0 Å². The van der Waals surface area contributed by atoms with Gasteiger partial charge in [-0.25, -0.2) is 22.0 Å². The van der Waals surface area contributed by atoms with Gasteiger partial charge in [0, 0.05) is 12.2 Å². The number of hydrogen-bond donors (Lipinski definition) is 2. The number of rotatable bonds is 9. The first kappa shape index (κ1) is 24.6. The minimum atomic E-state index is -3.92. The van der Waals surface area contributed by atoms with Crippen molar-refractivity contribution in [2.45, 2.75) is 23.1 Å². The number of carbonyl (C=O) groups excluding carboxylic acids is 1. The Morgan fingerprint density at radius 1 is 0.848 bits per heavy atom. The number of hydrogen-bond acceptors (Lipinski definition) is 5. The van der Waals surface area contributed by atoms with E-state index in [0.29, 0.717) is 12.1 Å². The second kappa shape index (κ2) is 10.3. The fourth-order valence-electron chi connectivity index (χ4n) is 3.13. The predicted octanol–water partition coefficient (Wildman–Crippen LogP) is 2.51. The van der Waals surface area contributed by atoms with E-state index in [0.717, 1.165) is 15.4 Å². The maximum atomic E-state index is 13.3. The van der Waals surface area contributed by atoms with Gasteiger partial charge in [0.25, 0.3) is 0 Å². The van der Waals surface area contributed by atoms with Crippen LogP contribution in [0, 0.1) is 6.92 Å². The Kier molecular flexibility index (Phi) is 7.65. The van der Waals surface area contributed by atoms with Gasteiger partial charge in [-0.15, -0.1) is 0 Å². The van der Waals surface area contributed by atoms with Crippen molar-refractivity contribution >= 4 is 31.6 Å². The molecule has 10 heteroatoms. The second-order valence-corrected chi connectivity index (χ2v) is 11.0. The van der Waals surface area contributed by atoms with Gasteiger partial charge in [0.05, 0.1) is 16.3 Å². The molecule has 0 saturated heterocycles. The van der Waals surface area contributed by atoms with Crippen LogP contribution in [0.15, 0.2) is 88.7 Å². The zero-order chi connectivity index (χ0) is 24.1. The molecule has 3 aromatic carbocycles. The first-order valence-corrected chi connectivity index (χ1v) is 13.1. The molecule has 3 N–H and O–H groups in total. The quantitative estimate of drug-likeness (QED) is 0.480. The van der Waals surface area contributed by atoms with Crippen LogP contribution in [-0.2, 0) is 31.3 Å². The van der Waals surface area contributed by atoms with Gasteiger partial charge in [0.1, 0.15) is 0 Å². The van der Waals surface area contributed by atoms with E-state index in [1.54, 1.807) is 12.1 Å². The number of sulfonamides is 2. The third-order valence-corrected chi connectivity index (χ3v) is 7.73. The molecule has 174 valence electrons. The van der Waals surface area contributed by atoms with Crippen LogP contribution in [0.3, 0.4) is 0 Å². The van der Waals surface area contributed by atoms with E-state index in [-0.39, 0.29) is 16.3 Å². The molecule has 0 fully saturated rings. The van der Waals surface area contributed by atoms with Crippen LogP contribution in [-0.4, -0.2) is 40.1 Å². The molecule has 0 spiro atoms. The molecule has 3 rings (SSSR count).